The van der Waals surface area contributed by atoms with Gasteiger partial charge in [0.1, 0.15) is 21.9 Å². The summed E-state index contributed by atoms with van der Waals surface area (Å²) in [6, 6.07) is 4.08. The number of hydrogen-bond donors (Lipinski definition) is 6. The van der Waals surface area contributed by atoms with Gasteiger partial charge in [0.25, 0.3) is 10.0 Å². The van der Waals surface area contributed by atoms with E-state index < -0.39 is 89.9 Å². The van der Waals surface area contributed by atoms with Crippen LogP contribution >= 0.6 is 18.9 Å². The molecule has 3 aromatic rings. The largest absolute Gasteiger partial charge is 0.490 e. The van der Waals surface area contributed by atoms with E-state index in [1.807, 2.05) is 4.72 Å². The van der Waals surface area contributed by atoms with Crippen molar-refractivity contribution in [3.05, 3.63) is 52.3 Å². The van der Waals surface area contributed by atoms with Crippen LogP contribution in [0.4, 0.5) is 26.3 Å². The van der Waals surface area contributed by atoms with Gasteiger partial charge < -0.3 is 35.8 Å². The van der Waals surface area contributed by atoms with Crippen molar-refractivity contribution in [2.45, 2.75) is 42.4 Å². The minimum atomic E-state index is -5.33. The number of nitrogens with one attached hydrogen (secondary N) is 1. The first-order valence-electron chi connectivity index (χ1n) is 13.5. The van der Waals surface area contributed by atoms with E-state index in [0.717, 1.165) is 12.1 Å². The number of alkyl halides is 3. The molecule has 2 aromatic carbocycles. The smallest absolute Gasteiger partial charge is 0.487 e. The van der Waals surface area contributed by atoms with Crippen LogP contribution in [0.5, 0.6) is 11.5 Å². The third-order valence-electron chi connectivity index (χ3n) is 6.06. The van der Waals surface area contributed by atoms with Gasteiger partial charge in [-0.1, -0.05) is 13.0 Å². The van der Waals surface area contributed by atoms with Crippen LogP contribution in [0, 0.1) is 28.8 Å². The summed E-state index contributed by atoms with van der Waals surface area (Å²) in [6.45, 7) is 1.71. The lowest BCUT2D eigenvalue weighted by Gasteiger charge is -2.20. The first-order chi connectivity index (χ1) is 22.3. The molecule has 1 heterocycles. The summed E-state index contributed by atoms with van der Waals surface area (Å²) in [5, 5.41) is 15.7. The van der Waals surface area contributed by atoms with Crippen molar-refractivity contribution in [3.8, 4) is 17.6 Å². The molecular formula is C26H29F6N4O9PS2. The number of sulfonamides is 1. The van der Waals surface area contributed by atoms with E-state index in [2.05, 4.69) is 0 Å². The number of aliphatic carboxylic acids is 1. The number of thiophene rings is 1. The zero-order valence-corrected chi connectivity index (χ0v) is 27.2. The number of halogens is 6. The Hall–Kier alpha value is -3.48. The molecule has 1 atom stereocenters. The molecule has 0 fully saturated rings. The van der Waals surface area contributed by atoms with Crippen molar-refractivity contribution in [1.82, 2.24) is 4.72 Å². The van der Waals surface area contributed by atoms with Gasteiger partial charge >= 0.3 is 19.7 Å². The standard InChI is InChI=1S/C24H28F3N4O7PS2.C2HF3O2/c1-2-15-17-18(26)20(37-9-3-7-28)21(38-10-4-8-29)19(27)22(17)40-24(15)41(35,36)31-23(39(32,33)34)13-5-6-14(12-30)16(25)11-13;3-2(4,5)1(6)7/h5-6,11,23,31H,2-4,7-10,28-29H2,1H3,(H2,32,33,34);(H,6,7). The molecular weight excluding hydrogens is 721 g/mol. The van der Waals surface area contributed by atoms with Gasteiger partial charge in [-0.2, -0.15) is 23.2 Å². The van der Waals surface area contributed by atoms with Gasteiger partial charge in [0.05, 0.1) is 23.5 Å². The number of nitriles is 1. The van der Waals surface area contributed by atoms with Gasteiger partial charge in [-0.3, -0.25) is 4.57 Å². The number of hydrogen-bond acceptors (Lipinski definition) is 10. The summed E-state index contributed by atoms with van der Waals surface area (Å²) >= 11 is 0.328. The fraction of sp³-hybridized carbons (Fsp3) is 0.385. The molecule has 0 aliphatic rings. The second-order valence-corrected chi connectivity index (χ2v) is 14.1. The molecule has 0 saturated carbocycles. The predicted octanol–water partition coefficient (Wildman–Crippen LogP) is 4.00. The predicted molar refractivity (Wildman–Crippen MR) is 159 cm³/mol. The molecule has 8 N–H and O–H groups in total. The lowest BCUT2D eigenvalue weighted by atomic mass is 10.1. The summed E-state index contributed by atoms with van der Waals surface area (Å²) < 4.78 is 129. The first-order valence-corrected chi connectivity index (χ1v) is 17.4. The molecule has 0 amide bonds. The normalized spacial score (nSPS) is 12.6. The maximum atomic E-state index is 15.9. The highest BCUT2D eigenvalue weighted by molar-refractivity contribution is 7.92. The summed E-state index contributed by atoms with van der Waals surface area (Å²) in [6.07, 6.45) is -4.61. The summed E-state index contributed by atoms with van der Waals surface area (Å²) in [7, 11) is -10.2. The van der Waals surface area contributed by atoms with E-state index in [-0.39, 0.29) is 38.3 Å². The van der Waals surface area contributed by atoms with E-state index in [1.165, 1.54) is 6.92 Å². The van der Waals surface area contributed by atoms with E-state index in [4.69, 9.17) is 36.1 Å². The van der Waals surface area contributed by atoms with Gasteiger partial charge in [0, 0.05) is 5.39 Å². The van der Waals surface area contributed by atoms with Crippen molar-refractivity contribution in [2.24, 2.45) is 11.5 Å². The molecule has 13 nitrogen and oxygen atoms in total. The van der Waals surface area contributed by atoms with Crippen molar-refractivity contribution in [2.75, 3.05) is 26.3 Å². The quantitative estimate of drug-likeness (QED) is 0.0780. The van der Waals surface area contributed by atoms with Crippen LogP contribution in [0.15, 0.2) is 22.4 Å². The molecule has 0 saturated heterocycles. The zero-order chi connectivity index (χ0) is 36.6. The molecule has 0 bridgehead atoms. The maximum Gasteiger partial charge on any atom is 0.490 e. The third-order valence-corrected chi connectivity index (χ3v) is 10.5. The summed E-state index contributed by atoms with van der Waals surface area (Å²) in [4.78, 5) is 28.7. The van der Waals surface area contributed by atoms with Crippen LogP contribution < -0.4 is 25.7 Å². The maximum absolute atomic E-state index is 15.9. The molecule has 0 radical (unpaired) electrons. The molecule has 1 unspecified atom stereocenters. The van der Waals surface area contributed by atoms with Crippen LogP contribution in [-0.4, -0.2) is 61.8 Å². The Morgan fingerprint density at radius 2 is 1.60 bits per heavy atom. The average Bonchev–Trinajstić information content (AvgIpc) is 3.40. The second kappa shape index (κ2) is 16.8. The first kappa shape index (κ1) is 40.7. The highest BCUT2D eigenvalue weighted by Gasteiger charge is 2.39. The fourth-order valence-corrected chi connectivity index (χ4v) is 8.39. The van der Waals surface area contributed by atoms with Crippen molar-refractivity contribution < 1.29 is 68.5 Å². The number of aryl methyl sites for hydroxylation is 1. The van der Waals surface area contributed by atoms with Gasteiger partial charge in [-0.05, 0) is 55.6 Å². The molecule has 1 aromatic heterocycles. The van der Waals surface area contributed by atoms with E-state index in [0.29, 0.717) is 30.2 Å². The Bertz CT molecular complexity index is 1830. The van der Waals surface area contributed by atoms with Crippen LogP contribution in [0.3, 0.4) is 0 Å². The number of rotatable bonds is 14. The zero-order valence-electron chi connectivity index (χ0n) is 24.7. The van der Waals surface area contributed by atoms with Crippen LogP contribution in [-0.2, 0) is 25.8 Å². The average molecular weight is 751 g/mol. The topological polar surface area (TPSA) is 235 Å². The Morgan fingerprint density at radius 1 is 1.08 bits per heavy atom. The molecule has 0 spiro atoms. The lowest BCUT2D eigenvalue weighted by Crippen LogP contribution is -2.29. The minimum Gasteiger partial charge on any atom is -0.487 e. The van der Waals surface area contributed by atoms with Crippen molar-refractivity contribution in [3.63, 3.8) is 0 Å². The van der Waals surface area contributed by atoms with E-state index >= 15 is 8.78 Å². The number of benzene rings is 2. The Labute approximate surface area is 273 Å². The number of fused-ring (bicyclic) bond motifs is 1. The monoisotopic (exact) mass is 750 g/mol. The molecule has 3 rings (SSSR count). The number of carboxylic acids is 1. The third kappa shape index (κ3) is 9.79. The Kier molecular flexibility index (Phi) is 14.2. The van der Waals surface area contributed by atoms with Gasteiger partial charge in [-0.15, -0.1) is 11.3 Å². The van der Waals surface area contributed by atoms with Crippen LogP contribution in [0.1, 0.15) is 42.2 Å². The van der Waals surface area contributed by atoms with E-state index in [9.17, 15) is 40.3 Å². The van der Waals surface area contributed by atoms with Gasteiger partial charge in [0.15, 0.2) is 11.6 Å². The van der Waals surface area contributed by atoms with Crippen LogP contribution in [0.25, 0.3) is 10.1 Å². The highest BCUT2D eigenvalue weighted by Crippen LogP contribution is 2.52. The number of ether oxygens (including phenoxy) is 2. The molecule has 0 aliphatic carbocycles. The second-order valence-electron chi connectivity index (χ2n) is 9.46. The van der Waals surface area contributed by atoms with Gasteiger partial charge in [0.2, 0.25) is 11.5 Å². The number of carbonyl (C=O) groups is 1. The number of carboxylic acid groups (broad SMARTS) is 1. The molecule has 48 heavy (non-hydrogen) atoms. The summed E-state index contributed by atoms with van der Waals surface area (Å²) in [5.74, 6) is -9.50. The Morgan fingerprint density at radius 3 is 2.02 bits per heavy atom. The minimum absolute atomic E-state index is 0.0878. The Balaban J connectivity index is 0.00000103. The SMILES string of the molecule is CCc1c(S(=O)(=O)NC(c2ccc(C#N)c(F)c2)P(=O)(O)O)sc2c(F)c(OCCCN)c(OCCCN)c(F)c12.O=C(O)C(F)(F)F. The van der Waals surface area contributed by atoms with Gasteiger partial charge in [-0.25, -0.2) is 26.4 Å². The molecule has 22 heteroatoms. The fourth-order valence-electron chi connectivity index (χ4n) is 3.88. The number of nitrogens with two attached hydrogens (primary N) is 2. The van der Waals surface area contributed by atoms with Crippen LogP contribution in [0.2, 0.25) is 0 Å². The lowest BCUT2D eigenvalue weighted by molar-refractivity contribution is -0.192. The molecule has 266 valence electrons. The van der Waals surface area contributed by atoms with Crippen molar-refractivity contribution in [1.29, 1.82) is 5.26 Å². The van der Waals surface area contributed by atoms with Crippen molar-refractivity contribution >= 4 is 45.0 Å². The summed E-state index contributed by atoms with van der Waals surface area (Å²) in [5.41, 5.74) is 9.84. The highest BCUT2D eigenvalue weighted by atomic mass is 32.2. The van der Waals surface area contributed by atoms with E-state index in [1.54, 1.807) is 6.07 Å². The number of nitrogens with zero attached hydrogens (tertiary/aromatic N) is 1. The molecule has 0 aliphatic heterocycles.